The lowest BCUT2D eigenvalue weighted by molar-refractivity contribution is -0.146. The Labute approximate surface area is 203 Å². The van der Waals surface area contributed by atoms with Crippen LogP contribution in [0.15, 0.2) is 48.7 Å². The van der Waals surface area contributed by atoms with Crippen molar-refractivity contribution in [1.82, 2.24) is 9.78 Å². The number of benzene rings is 2. The molecule has 1 aromatic heterocycles. The number of carboxylic acids is 1. The Kier molecular flexibility index (Phi) is 7.62. The van der Waals surface area contributed by atoms with Crippen LogP contribution in [0, 0.1) is 19.3 Å². The minimum absolute atomic E-state index is 0.134. The standard InChI is InChI=1S/C27H31F3N2O3/c1-17(12-13-35-23-11-6-20(18(2)14-23)15-26(4,5)25(33)34)24-16-32(31-19(24)3)22-9-7-21(8-10-22)27(28,29)30/h6-11,14,16-17H,12-13,15H2,1-5H3,(H,33,34). The Morgan fingerprint density at radius 3 is 2.34 bits per heavy atom. The van der Waals surface area contributed by atoms with Gasteiger partial charge in [0, 0.05) is 6.20 Å². The number of hydrogen-bond donors (Lipinski definition) is 1. The minimum atomic E-state index is -4.37. The van der Waals surface area contributed by atoms with Gasteiger partial charge in [-0.1, -0.05) is 13.0 Å². The molecule has 0 radical (unpaired) electrons. The third-order valence-corrected chi connectivity index (χ3v) is 6.27. The Hall–Kier alpha value is -3.29. The Balaban J connectivity index is 1.60. The summed E-state index contributed by atoms with van der Waals surface area (Å²) in [7, 11) is 0. The fourth-order valence-corrected chi connectivity index (χ4v) is 3.91. The van der Waals surface area contributed by atoms with E-state index in [0.717, 1.165) is 46.7 Å². The monoisotopic (exact) mass is 488 g/mol. The second kappa shape index (κ2) is 10.1. The lowest BCUT2D eigenvalue weighted by Gasteiger charge is -2.20. The summed E-state index contributed by atoms with van der Waals surface area (Å²) in [6.07, 6.45) is -1.35. The molecule has 0 aliphatic carbocycles. The molecule has 1 atom stereocenters. The van der Waals surface area contributed by atoms with Crippen LogP contribution in [0.4, 0.5) is 13.2 Å². The SMILES string of the molecule is Cc1cc(OCCC(C)c2cn(-c3ccc(C(F)(F)F)cc3)nc2C)ccc1CC(C)(C)C(=O)O. The highest BCUT2D eigenvalue weighted by molar-refractivity contribution is 5.74. The summed E-state index contributed by atoms with van der Waals surface area (Å²) in [6.45, 7) is 9.79. The van der Waals surface area contributed by atoms with E-state index in [2.05, 4.69) is 12.0 Å². The van der Waals surface area contributed by atoms with Gasteiger partial charge in [0.15, 0.2) is 0 Å². The molecule has 8 heteroatoms. The highest BCUT2D eigenvalue weighted by Crippen LogP contribution is 2.31. The molecule has 5 nitrogen and oxygen atoms in total. The number of aryl methyl sites for hydroxylation is 2. The van der Waals surface area contributed by atoms with Crippen LogP contribution in [-0.4, -0.2) is 27.5 Å². The molecular weight excluding hydrogens is 457 g/mol. The maximum absolute atomic E-state index is 12.8. The van der Waals surface area contributed by atoms with Crippen molar-refractivity contribution in [3.8, 4) is 11.4 Å². The Morgan fingerprint density at radius 2 is 1.77 bits per heavy atom. The van der Waals surface area contributed by atoms with Gasteiger partial charge in [0.1, 0.15) is 5.75 Å². The van der Waals surface area contributed by atoms with E-state index in [1.807, 2.05) is 38.2 Å². The topological polar surface area (TPSA) is 64.4 Å². The van der Waals surface area contributed by atoms with Crippen LogP contribution < -0.4 is 4.74 Å². The van der Waals surface area contributed by atoms with Crippen molar-refractivity contribution in [1.29, 1.82) is 0 Å². The van der Waals surface area contributed by atoms with Crippen molar-refractivity contribution in [2.24, 2.45) is 5.41 Å². The first-order chi connectivity index (χ1) is 16.3. The summed E-state index contributed by atoms with van der Waals surface area (Å²) in [5, 5.41) is 13.8. The molecule has 0 spiro atoms. The zero-order chi connectivity index (χ0) is 26.0. The van der Waals surface area contributed by atoms with Crippen LogP contribution in [0.2, 0.25) is 0 Å². The number of nitrogens with zero attached hydrogens (tertiary/aromatic N) is 2. The number of carboxylic acid groups (broad SMARTS) is 1. The van der Waals surface area contributed by atoms with Gasteiger partial charge in [-0.2, -0.15) is 18.3 Å². The van der Waals surface area contributed by atoms with Gasteiger partial charge < -0.3 is 9.84 Å². The average Bonchev–Trinajstić information content (AvgIpc) is 3.16. The minimum Gasteiger partial charge on any atom is -0.494 e. The fraction of sp³-hybridized carbons (Fsp3) is 0.407. The average molecular weight is 489 g/mol. The molecular formula is C27H31F3N2O3. The molecule has 3 aromatic rings. The predicted molar refractivity (Wildman–Crippen MR) is 128 cm³/mol. The smallest absolute Gasteiger partial charge is 0.416 e. The maximum atomic E-state index is 12.8. The third kappa shape index (κ3) is 6.44. The van der Waals surface area contributed by atoms with Crippen LogP contribution in [-0.2, 0) is 17.4 Å². The number of alkyl halides is 3. The van der Waals surface area contributed by atoms with E-state index < -0.39 is 23.1 Å². The van der Waals surface area contributed by atoms with Gasteiger partial charge in [-0.25, -0.2) is 4.68 Å². The van der Waals surface area contributed by atoms with Crippen LogP contribution in [0.3, 0.4) is 0 Å². The lowest BCUT2D eigenvalue weighted by Crippen LogP contribution is -2.26. The third-order valence-electron chi connectivity index (χ3n) is 6.27. The van der Waals surface area contributed by atoms with Crippen LogP contribution in [0.25, 0.3) is 5.69 Å². The second-order valence-electron chi connectivity index (χ2n) is 9.65. The zero-order valence-electron chi connectivity index (χ0n) is 20.6. The van der Waals surface area contributed by atoms with Crippen LogP contribution in [0.1, 0.15) is 61.1 Å². The van der Waals surface area contributed by atoms with Crippen LogP contribution in [0.5, 0.6) is 5.75 Å². The van der Waals surface area contributed by atoms with E-state index in [1.54, 1.807) is 18.5 Å². The molecule has 0 fully saturated rings. The maximum Gasteiger partial charge on any atom is 0.416 e. The molecule has 1 heterocycles. The Bertz CT molecular complexity index is 1180. The number of rotatable bonds is 9. The highest BCUT2D eigenvalue weighted by Gasteiger charge is 2.30. The summed E-state index contributed by atoms with van der Waals surface area (Å²) >= 11 is 0. The lowest BCUT2D eigenvalue weighted by atomic mass is 9.84. The first kappa shape index (κ1) is 26.3. The molecule has 0 aliphatic rings. The van der Waals surface area contributed by atoms with Gasteiger partial charge in [0.05, 0.1) is 29.0 Å². The van der Waals surface area contributed by atoms with Crippen molar-refractivity contribution >= 4 is 5.97 Å². The number of hydrogen-bond acceptors (Lipinski definition) is 3. The normalized spacial score (nSPS) is 13.0. The van der Waals surface area contributed by atoms with E-state index in [4.69, 9.17) is 4.74 Å². The van der Waals surface area contributed by atoms with Gasteiger partial charge in [0.25, 0.3) is 0 Å². The number of aromatic nitrogens is 2. The van der Waals surface area contributed by atoms with Crippen LogP contribution >= 0.6 is 0 Å². The molecule has 1 N–H and O–H groups in total. The molecule has 0 saturated heterocycles. The van der Waals surface area contributed by atoms with E-state index in [-0.39, 0.29) is 5.92 Å². The highest BCUT2D eigenvalue weighted by atomic mass is 19.4. The molecule has 0 saturated carbocycles. The largest absolute Gasteiger partial charge is 0.494 e. The Morgan fingerprint density at radius 1 is 1.11 bits per heavy atom. The van der Waals surface area contributed by atoms with Crippen molar-refractivity contribution in [2.75, 3.05) is 6.61 Å². The van der Waals surface area contributed by atoms with Crippen molar-refractivity contribution in [2.45, 2.75) is 59.6 Å². The molecule has 3 rings (SSSR count). The molecule has 188 valence electrons. The number of ether oxygens (including phenoxy) is 1. The molecule has 0 bridgehead atoms. The zero-order valence-corrected chi connectivity index (χ0v) is 20.6. The van der Waals surface area contributed by atoms with Crippen molar-refractivity contribution in [3.05, 3.63) is 76.6 Å². The number of halogens is 3. The van der Waals surface area contributed by atoms with E-state index in [1.165, 1.54) is 12.1 Å². The van der Waals surface area contributed by atoms with E-state index in [9.17, 15) is 23.1 Å². The summed E-state index contributed by atoms with van der Waals surface area (Å²) in [5.74, 6) is 0.0295. The number of aliphatic carboxylic acids is 1. The summed E-state index contributed by atoms with van der Waals surface area (Å²) in [5.41, 5.74) is 2.82. The molecule has 2 aromatic carbocycles. The van der Waals surface area contributed by atoms with Gasteiger partial charge in [-0.15, -0.1) is 0 Å². The first-order valence-electron chi connectivity index (χ1n) is 11.5. The van der Waals surface area contributed by atoms with Gasteiger partial charge in [0.2, 0.25) is 0 Å². The van der Waals surface area contributed by atoms with Gasteiger partial charge in [-0.05, 0) is 99.5 Å². The molecule has 0 aliphatic heterocycles. The number of carbonyl (C=O) groups is 1. The molecule has 35 heavy (non-hydrogen) atoms. The fourth-order valence-electron chi connectivity index (χ4n) is 3.91. The van der Waals surface area contributed by atoms with E-state index in [0.29, 0.717) is 18.7 Å². The summed E-state index contributed by atoms with van der Waals surface area (Å²) < 4.78 is 46.0. The quantitative estimate of drug-likeness (QED) is 0.363. The summed E-state index contributed by atoms with van der Waals surface area (Å²) in [6, 6.07) is 10.6. The van der Waals surface area contributed by atoms with Crippen molar-refractivity contribution in [3.63, 3.8) is 0 Å². The molecule has 1 unspecified atom stereocenters. The second-order valence-corrected chi connectivity index (χ2v) is 9.65. The van der Waals surface area contributed by atoms with Crippen molar-refractivity contribution < 1.29 is 27.8 Å². The van der Waals surface area contributed by atoms with Gasteiger partial charge in [-0.3, -0.25) is 4.79 Å². The molecule has 0 amide bonds. The predicted octanol–water partition coefficient (Wildman–Crippen LogP) is 6.73. The first-order valence-corrected chi connectivity index (χ1v) is 11.5. The van der Waals surface area contributed by atoms with Gasteiger partial charge >= 0.3 is 12.1 Å². The van der Waals surface area contributed by atoms with E-state index >= 15 is 0 Å². The summed E-state index contributed by atoms with van der Waals surface area (Å²) in [4.78, 5) is 11.4.